The second-order valence-electron chi connectivity index (χ2n) is 6.31. The molecule has 1 aromatic carbocycles. The zero-order chi connectivity index (χ0) is 19.2. The molecule has 9 nitrogen and oxygen atoms in total. The van der Waals surface area contributed by atoms with Crippen LogP contribution in [-0.2, 0) is 27.7 Å². The third-order valence-corrected chi connectivity index (χ3v) is 6.72. The largest absolute Gasteiger partial charge is 0.593 e. The van der Waals surface area contributed by atoms with Gasteiger partial charge in [0.25, 0.3) is 0 Å². The van der Waals surface area contributed by atoms with Gasteiger partial charge in [-0.25, -0.2) is 0 Å². The van der Waals surface area contributed by atoms with Crippen LogP contribution < -0.4 is 4.74 Å². The Balaban J connectivity index is 1.63. The highest BCUT2D eigenvalue weighted by atomic mass is 32.3. The smallest absolute Gasteiger partial charge is 0.240 e. The molecule has 27 heavy (non-hydrogen) atoms. The minimum atomic E-state index is -3.71. The maximum atomic E-state index is 13.0. The SMILES string of the molecule is COc1ccc(-c2nnc3n2CCN([S+](=O)([O-])c2c(C)noc2C)C3)cc1. The zero-order valence-electron chi connectivity index (χ0n) is 15.2. The van der Waals surface area contributed by atoms with Crippen LogP contribution in [0, 0.1) is 13.8 Å². The molecule has 0 aliphatic carbocycles. The number of aromatic nitrogens is 4. The lowest BCUT2D eigenvalue weighted by Gasteiger charge is -2.30. The maximum absolute atomic E-state index is 13.0. The van der Waals surface area contributed by atoms with Crippen LogP contribution in [-0.4, -0.2) is 42.4 Å². The van der Waals surface area contributed by atoms with Gasteiger partial charge in [-0.05, 0) is 31.2 Å². The Morgan fingerprint density at radius 2 is 1.93 bits per heavy atom. The average Bonchev–Trinajstić information content (AvgIpc) is 3.24. The van der Waals surface area contributed by atoms with Gasteiger partial charge in [-0.3, -0.25) is 0 Å². The molecule has 2 aromatic heterocycles. The monoisotopic (exact) mass is 389 g/mol. The van der Waals surface area contributed by atoms with Gasteiger partial charge in [0.05, 0.1) is 13.7 Å². The fraction of sp³-hybridized carbons (Fsp3) is 0.353. The van der Waals surface area contributed by atoms with Gasteiger partial charge in [0.15, 0.2) is 27.8 Å². The highest BCUT2D eigenvalue weighted by Gasteiger charge is 2.39. The molecular weight excluding hydrogens is 370 g/mol. The van der Waals surface area contributed by atoms with Gasteiger partial charge in [-0.2, -0.15) is 0 Å². The first-order chi connectivity index (χ1) is 12.9. The van der Waals surface area contributed by atoms with Crippen molar-refractivity contribution in [2.75, 3.05) is 13.7 Å². The predicted molar refractivity (Wildman–Crippen MR) is 95.5 cm³/mol. The second-order valence-corrected chi connectivity index (χ2v) is 8.19. The molecule has 0 saturated heterocycles. The lowest BCUT2D eigenvalue weighted by Crippen LogP contribution is -2.42. The Morgan fingerprint density at radius 1 is 1.19 bits per heavy atom. The van der Waals surface area contributed by atoms with Crippen LogP contribution in [0.5, 0.6) is 5.75 Å². The van der Waals surface area contributed by atoms with E-state index in [1.165, 1.54) is 4.31 Å². The quantitative estimate of drug-likeness (QED) is 0.628. The van der Waals surface area contributed by atoms with E-state index in [0.29, 0.717) is 36.2 Å². The molecule has 0 fully saturated rings. The van der Waals surface area contributed by atoms with Crippen molar-refractivity contribution in [2.45, 2.75) is 31.8 Å². The van der Waals surface area contributed by atoms with Gasteiger partial charge < -0.3 is 18.4 Å². The molecule has 1 aliphatic heterocycles. The number of fused-ring (bicyclic) bond motifs is 1. The van der Waals surface area contributed by atoms with E-state index < -0.39 is 10.4 Å². The normalized spacial score (nSPS) is 16.7. The molecule has 3 aromatic rings. The maximum Gasteiger partial charge on any atom is 0.240 e. The van der Waals surface area contributed by atoms with Crippen molar-refractivity contribution in [3.05, 3.63) is 41.5 Å². The predicted octanol–water partition coefficient (Wildman–Crippen LogP) is 1.98. The molecule has 142 valence electrons. The summed E-state index contributed by atoms with van der Waals surface area (Å²) in [4.78, 5) is 0.130. The van der Waals surface area contributed by atoms with Crippen LogP contribution in [0.25, 0.3) is 11.4 Å². The molecule has 0 N–H and O–H groups in total. The second kappa shape index (κ2) is 6.55. The fourth-order valence-corrected chi connectivity index (χ4v) is 4.94. The number of benzene rings is 1. The van der Waals surface area contributed by atoms with Crippen LogP contribution in [0.15, 0.2) is 33.7 Å². The summed E-state index contributed by atoms with van der Waals surface area (Å²) < 4.78 is 39.5. The Kier molecular flexibility index (Phi) is 4.33. The van der Waals surface area contributed by atoms with Crippen LogP contribution in [0.3, 0.4) is 0 Å². The topological polar surface area (TPSA) is 109 Å². The lowest BCUT2D eigenvalue weighted by atomic mass is 10.2. The van der Waals surface area contributed by atoms with Crippen molar-refractivity contribution in [2.24, 2.45) is 0 Å². The number of sulfonamides is 1. The summed E-state index contributed by atoms with van der Waals surface area (Å²) in [6.45, 7) is 4.15. The zero-order valence-corrected chi connectivity index (χ0v) is 16.0. The number of rotatable bonds is 4. The van der Waals surface area contributed by atoms with Crippen molar-refractivity contribution in [1.29, 1.82) is 0 Å². The van der Waals surface area contributed by atoms with E-state index in [-0.39, 0.29) is 11.4 Å². The lowest BCUT2D eigenvalue weighted by molar-refractivity contribution is 0.301. The van der Waals surface area contributed by atoms with Crippen LogP contribution in [0.1, 0.15) is 17.3 Å². The van der Waals surface area contributed by atoms with E-state index >= 15 is 0 Å². The standard InChI is InChI=1S/C17H19N5O4S/c1-11-16(12(2)26-20-11)27(23,24)21-8-9-22-15(10-21)18-19-17(22)13-4-6-14(25-3)7-5-13/h4-7H,8-10H2,1-3H3. The van der Waals surface area contributed by atoms with Crippen molar-refractivity contribution in [3.8, 4) is 17.1 Å². The summed E-state index contributed by atoms with van der Waals surface area (Å²) in [6, 6.07) is 7.52. The molecule has 3 heterocycles. The van der Waals surface area contributed by atoms with Crippen LogP contribution >= 0.6 is 0 Å². The van der Waals surface area contributed by atoms with Gasteiger partial charge in [-0.1, -0.05) is 9.37 Å². The van der Waals surface area contributed by atoms with E-state index in [9.17, 15) is 8.76 Å². The highest BCUT2D eigenvalue weighted by Crippen LogP contribution is 2.31. The molecule has 1 aliphatic rings. The van der Waals surface area contributed by atoms with Crippen molar-refractivity contribution < 1.29 is 18.0 Å². The van der Waals surface area contributed by atoms with Crippen LogP contribution in [0.2, 0.25) is 0 Å². The minimum Gasteiger partial charge on any atom is -0.593 e. The van der Waals surface area contributed by atoms with E-state index in [0.717, 1.165) is 11.3 Å². The summed E-state index contributed by atoms with van der Waals surface area (Å²) in [5.41, 5.74) is 1.26. The first kappa shape index (κ1) is 17.8. The molecule has 0 bridgehead atoms. The highest BCUT2D eigenvalue weighted by molar-refractivity contribution is 7.95. The van der Waals surface area contributed by atoms with Gasteiger partial charge in [0.2, 0.25) is 4.90 Å². The van der Waals surface area contributed by atoms with E-state index in [1.54, 1.807) is 21.0 Å². The summed E-state index contributed by atoms with van der Waals surface area (Å²) in [5.74, 6) is 2.36. The number of methoxy groups -OCH3 is 1. The Bertz CT molecular complexity index is 1010. The van der Waals surface area contributed by atoms with Gasteiger partial charge in [0.1, 0.15) is 18.0 Å². The summed E-state index contributed by atoms with van der Waals surface area (Å²) >= 11 is 0. The van der Waals surface area contributed by atoms with Gasteiger partial charge in [0, 0.05) is 19.0 Å². The molecule has 0 saturated carbocycles. The molecule has 0 amide bonds. The minimum absolute atomic E-state index is 0.130. The Hall–Kier alpha value is -2.56. The molecule has 0 radical (unpaired) electrons. The average molecular weight is 389 g/mol. The molecular formula is C17H19N5O4S. The van der Waals surface area contributed by atoms with Gasteiger partial charge in [-0.15, -0.1) is 14.5 Å². The summed E-state index contributed by atoms with van der Waals surface area (Å²) in [5, 5.41) is 12.2. The number of aryl methyl sites for hydroxylation is 2. The first-order valence-corrected chi connectivity index (χ1v) is 9.85. The van der Waals surface area contributed by atoms with Crippen molar-refractivity contribution in [1.82, 2.24) is 24.2 Å². The Labute approximate surface area is 157 Å². The fourth-order valence-electron chi connectivity index (χ4n) is 3.27. The summed E-state index contributed by atoms with van der Waals surface area (Å²) in [7, 11) is -2.09. The third kappa shape index (κ3) is 2.95. The van der Waals surface area contributed by atoms with E-state index in [1.807, 2.05) is 28.8 Å². The molecule has 0 spiro atoms. The molecule has 10 heteroatoms. The van der Waals surface area contributed by atoms with Gasteiger partial charge >= 0.3 is 0 Å². The first-order valence-electron chi connectivity index (χ1n) is 8.41. The Morgan fingerprint density at radius 3 is 2.56 bits per heavy atom. The molecule has 4 rings (SSSR count). The number of nitrogens with zero attached hydrogens (tertiary/aromatic N) is 5. The van der Waals surface area contributed by atoms with Crippen LogP contribution in [0.4, 0.5) is 0 Å². The van der Waals surface area contributed by atoms with E-state index in [2.05, 4.69) is 15.4 Å². The number of hydrogen-bond donors (Lipinski definition) is 0. The summed E-state index contributed by atoms with van der Waals surface area (Å²) in [6.07, 6.45) is 0. The number of ether oxygens (including phenoxy) is 1. The third-order valence-electron chi connectivity index (χ3n) is 4.63. The molecule has 1 atom stereocenters. The number of hydrogen-bond acceptors (Lipinski definition) is 7. The van der Waals surface area contributed by atoms with Crippen molar-refractivity contribution >= 4 is 10.4 Å². The van der Waals surface area contributed by atoms with Crippen molar-refractivity contribution in [3.63, 3.8) is 0 Å². The van der Waals surface area contributed by atoms with E-state index in [4.69, 9.17) is 9.26 Å². The molecule has 1 unspecified atom stereocenters.